The molecule has 2 aromatic rings. The van der Waals surface area contributed by atoms with Crippen molar-refractivity contribution in [1.29, 1.82) is 0 Å². The summed E-state index contributed by atoms with van der Waals surface area (Å²) in [5.41, 5.74) is 0.418. The Bertz CT molecular complexity index is 780. The zero-order valence-corrected chi connectivity index (χ0v) is 16.2. The van der Waals surface area contributed by atoms with Crippen LogP contribution in [0.2, 0.25) is 10.0 Å². The van der Waals surface area contributed by atoms with E-state index in [-0.39, 0.29) is 18.4 Å². The number of carbonyl (C=O) groups is 2. The lowest BCUT2D eigenvalue weighted by Crippen LogP contribution is -2.48. The van der Waals surface area contributed by atoms with Crippen molar-refractivity contribution < 1.29 is 9.59 Å². The highest BCUT2D eigenvalue weighted by molar-refractivity contribution is 6.35. The first-order valence-electron chi connectivity index (χ1n) is 8.21. The molecule has 0 spiro atoms. The predicted octanol–water partition coefficient (Wildman–Crippen LogP) is 3.39. The van der Waals surface area contributed by atoms with Crippen LogP contribution in [0.5, 0.6) is 0 Å². The molecule has 0 saturated heterocycles. The molecule has 0 atom stereocenters. The van der Waals surface area contributed by atoms with E-state index in [4.69, 9.17) is 23.2 Å². The van der Waals surface area contributed by atoms with E-state index in [0.29, 0.717) is 23.0 Å². The number of pyridine rings is 1. The molecule has 7 heteroatoms. The lowest BCUT2D eigenvalue weighted by Gasteiger charge is -2.22. The number of hydrogen-bond donors (Lipinski definition) is 2. The van der Waals surface area contributed by atoms with Gasteiger partial charge >= 0.3 is 0 Å². The van der Waals surface area contributed by atoms with Crippen LogP contribution in [0.1, 0.15) is 25.1 Å². The van der Waals surface area contributed by atoms with Gasteiger partial charge < -0.3 is 10.6 Å². The first-order chi connectivity index (χ1) is 12.3. The molecule has 0 unspecified atom stereocenters. The fourth-order valence-corrected chi connectivity index (χ4v) is 2.76. The number of amides is 2. The van der Waals surface area contributed by atoms with Gasteiger partial charge in [0.1, 0.15) is 5.41 Å². The van der Waals surface area contributed by atoms with Crippen LogP contribution in [0, 0.1) is 5.41 Å². The maximum absolute atomic E-state index is 12.4. The summed E-state index contributed by atoms with van der Waals surface area (Å²) in [5.74, 6) is -0.703. The van der Waals surface area contributed by atoms with Gasteiger partial charge in [-0.3, -0.25) is 14.6 Å². The minimum absolute atomic E-state index is 0.275. The highest BCUT2D eigenvalue weighted by Gasteiger charge is 2.35. The van der Waals surface area contributed by atoms with Crippen LogP contribution >= 0.6 is 23.2 Å². The number of nitrogens with one attached hydrogen (secondary N) is 2. The number of aromatic nitrogens is 1. The molecular weight excluding hydrogens is 373 g/mol. The van der Waals surface area contributed by atoms with Crippen molar-refractivity contribution in [2.45, 2.75) is 26.8 Å². The predicted molar refractivity (Wildman–Crippen MR) is 103 cm³/mol. The van der Waals surface area contributed by atoms with Gasteiger partial charge in [-0.25, -0.2) is 0 Å². The molecule has 0 aliphatic carbocycles. The van der Waals surface area contributed by atoms with Crippen LogP contribution in [-0.2, 0) is 22.6 Å². The molecule has 26 heavy (non-hydrogen) atoms. The Morgan fingerprint density at radius 2 is 1.81 bits per heavy atom. The van der Waals surface area contributed by atoms with E-state index in [1.54, 1.807) is 38.2 Å². The Morgan fingerprint density at radius 1 is 1.08 bits per heavy atom. The Labute approximate surface area is 163 Å². The topological polar surface area (TPSA) is 71.1 Å². The van der Waals surface area contributed by atoms with E-state index >= 15 is 0 Å². The SMILES string of the molecule is CC(C)(C(=O)NCCc1ccc(Cl)cc1Cl)C(=O)NCc1ccccn1. The Balaban J connectivity index is 1.85. The highest BCUT2D eigenvalue weighted by atomic mass is 35.5. The van der Waals surface area contributed by atoms with Crippen molar-refractivity contribution in [2.24, 2.45) is 5.41 Å². The average Bonchev–Trinajstić information content (AvgIpc) is 2.62. The van der Waals surface area contributed by atoms with Crippen molar-refractivity contribution in [1.82, 2.24) is 15.6 Å². The van der Waals surface area contributed by atoms with Crippen LogP contribution < -0.4 is 10.6 Å². The van der Waals surface area contributed by atoms with Gasteiger partial charge in [0.25, 0.3) is 0 Å². The molecule has 2 rings (SSSR count). The summed E-state index contributed by atoms with van der Waals surface area (Å²) in [4.78, 5) is 28.9. The van der Waals surface area contributed by atoms with Crippen molar-refractivity contribution in [3.63, 3.8) is 0 Å². The number of halogens is 2. The van der Waals surface area contributed by atoms with Crippen LogP contribution in [0.15, 0.2) is 42.6 Å². The fraction of sp³-hybridized carbons (Fsp3) is 0.316. The second-order valence-corrected chi connectivity index (χ2v) is 7.21. The molecule has 5 nitrogen and oxygen atoms in total. The third kappa shape index (κ3) is 5.44. The van der Waals surface area contributed by atoms with Gasteiger partial charge in [0.15, 0.2) is 0 Å². The summed E-state index contributed by atoms with van der Waals surface area (Å²) in [7, 11) is 0. The minimum Gasteiger partial charge on any atom is -0.355 e. The summed E-state index contributed by atoms with van der Waals surface area (Å²) >= 11 is 12.0. The number of rotatable bonds is 7. The molecule has 2 amide bonds. The summed E-state index contributed by atoms with van der Waals surface area (Å²) in [6.45, 7) is 3.82. The fourth-order valence-electron chi connectivity index (χ4n) is 2.25. The maximum Gasteiger partial charge on any atom is 0.235 e. The van der Waals surface area contributed by atoms with Gasteiger partial charge in [-0.1, -0.05) is 35.3 Å². The number of carbonyl (C=O) groups excluding carboxylic acids is 2. The lowest BCUT2D eigenvalue weighted by atomic mass is 9.91. The lowest BCUT2D eigenvalue weighted by molar-refractivity contribution is -0.141. The molecule has 1 aromatic carbocycles. The Hall–Kier alpha value is -2.11. The summed E-state index contributed by atoms with van der Waals surface area (Å²) < 4.78 is 0. The van der Waals surface area contributed by atoms with E-state index in [9.17, 15) is 9.59 Å². The average molecular weight is 394 g/mol. The molecule has 0 bridgehead atoms. The number of hydrogen-bond acceptors (Lipinski definition) is 3. The van der Waals surface area contributed by atoms with Crippen LogP contribution in [0.3, 0.4) is 0 Å². The third-order valence-corrected chi connectivity index (χ3v) is 4.57. The summed E-state index contributed by atoms with van der Waals surface area (Å²) in [6.07, 6.45) is 2.20. The largest absolute Gasteiger partial charge is 0.355 e. The van der Waals surface area contributed by atoms with Gasteiger partial charge in [0, 0.05) is 22.8 Å². The molecule has 0 aliphatic rings. The zero-order chi connectivity index (χ0) is 19.2. The summed E-state index contributed by atoms with van der Waals surface area (Å²) in [5, 5.41) is 6.65. The van der Waals surface area contributed by atoms with E-state index in [2.05, 4.69) is 15.6 Å². The first-order valence-corrected chi connectivity index (χ1v) is 8.96. The van der Waals surface area contributed by atoms with Gasteiger partial charge in [0.05, 0.1) is 12.2 Å². The zero-order valence-electron chi connectivity index (χ0n) is 14.7. The van der Waals surface area contributed by atoms with Crippen molar-refractivity contribution >= 4 is 35.0 Å². The normalized spacial score (nSPS) is 11.1. The van der Waals surface area contributed by atoms with Gasteiger partial charge in [0.2, 0.25) is 11.8 Å². The standard InChI is InChI=1S/C19H21Cl2N3O2/c1-19(2,18(26)24-12-15-5-3-4-9-22-15)17(25)23-10-8-13-6-7-14(20)11-16(13)21/h3-7,9,11H,8,10,12H2,1-2H3,(H,23,25)(H,24,26). The van der Waals surface area contributed by atoms with Crippen LogP contribution in [-0.4, -0.2) is 23.3 Å². The van der Waals surface area contributed by atoms with Crippen molar-refractivity contribution in [3.05, 3.63) is 63.9 Å². The monoisotopic (exact) mass is 393 g/mol. The van der Waals surface area contributed by atoms with E-state index in [0.717, 1.165) is 11.3 Å². The molecule has 2 N–H and O–H groups in total. The van der Waals surface area contributed by atoms with Crippen LogP contribution in [0.25, 0.3) is 0 Å². The van der Waals surface area contributed by atoms with Gasteiger partial charge in [-0.05, 0) is 50.1 Å². The first kappa shape index (κ1) is 20.2. The molecule has 1 heterocycles. The molecule has 1 aromatic heterocycles. The van der Waals surface area contributed by atoms with Crippen molar-refractivity contribution in [3.8, 4) is 0 Å². The molecule has 0 radical (unpaired) electrons. The minimum atomic E-state index is -1.20. The molecule has 0 aliphatic heterocycles. The molecule has 138 valence electrons. The summed E-state index contributed by atoms with van der Waals surface area (Å²) in [6, 6.07) is 10.7. The smallest absolute Gasteiger partial charge is 0.235 e. The third-order valence-electron chi connectivity index (χ3n) is 3.99. The maximum atomic E-state index is 12.4. The highest BCUT2D eigenvalue weighted by Crippen LogP contribution is 2.21. The van der Waals surface area contributed by atoms with Crippen LogP contribution in [0.4, 0.5) is 0 Å². The van der Waals surface area contributed by atoms with E-state index in [1.165, 1.54) is 0 Å². The molecular formula is C19H21Cl2N3O2. The van der Waals surface area contributed by atoms with Gasteiger partial charge in [-0.15, -0.1) is 0 Å². The Morgan fingerprint density at radius 3 is 2.46 bits per heavy atom. The Kier molecular flexibility index (Phi) is 7.00. The molecule has 0 fully saturated rings. The second kappa shape index (κ2) is 9.01. The number of benzene rings is 1. The quantitative estimate of drug-likeness (QED) is 0.708. The molecule has 0 saturated carbocycles. The van der Waals surface area contributed by atoms with E-state index < -0.39 is 5.41 Å². The van der Waals surface area contributed by atoms with Crippen molar-refractivity contribution in [2.75, 3.05) is 6.54 Å². The number of nitrogens with zero attached hydrogens (tertiary/aromatic N) is 1. The van der Waals surface area contributed by atoms with Gasteiger partial charge in [-0.2, -0.15) is 0 Å². The van der Waals surface area contributed by atoms with E-state index in [1.807, 2.05) is 18.2 Å². The second-order valence-electron chi connectivity index (χ2n) is 6.37.